The van der Waals surface area contributed by atoms with E-state index in [1.165, 1.54) is 27.3 Å². The van der Waals surface area contributed by atoms with Gasteiger partial charge in [-0.1, -0.05) is 225 Å². The lowest BCUT2D eigenvalue weighted by Crippen LogP contribution is -2.62. The zero-order valence-corrected chi connectivity index (χ0v) is 50.6. The standard InChI is InChI=1S/C76H71BFN3OSi/c1-74(2,3)52-31-37-57(38-32-52)79(65-30-22-21-29-61(65)50-23-15-12-16-24-50)58-39-42-64-67(47-58)81(66-43-33-53(75(4,5)6)45-62(66)51-25-17-13-18-26-51)69-49-60(83(10,11)59-40-35-55(78)36-41-59)48-68-71(69)77(64)73-72(80(68)56-27-19-14-20-28-56)63-46-54(76(7,8)9)34-44-70(63)82-73/h12-49H,1-11H3. The molecule has 0 spiro atoms. The molecule has 2 aliphatic rings. The lowest BCUT2D eigenvalue weighted by atomic mass is 9.35. The van der Waals surface area contributed by atoms with Crippen molar-refractivity contribution in [3.05, 3.63) is 253 Å². The molecule has 0 N–H and O–H groups in total. The summed E-state index contributed by atoms with van der Waals surface area (Å²) in [5.41, 5.74) is 21.7. The number of fused-ring (bicyclic) bond motifs is 6. The number of rotatable bonds is 9. The normalized spacial score (nSPS) is 13.2. The lowest BCUT2D eigenvalue weighted by molar-refractivity contribution is 0.590. The summed E-state index contributed by atoms with van der Waals surface area (Å²) < 4.78 is 22.5. The second kappa shape index (κ2) is 20.1. The maximum Gasteiger partial charge on any atom is 0.297 e. The van der Waals surface area contributed by atoms with Gasteiger partial charge >= 0.3 is 0 Å². The highest BCUT2D eigenvalue weighted by molar-refractivity contribution is 7.02. The predicted molar refractivity (Wildman–Crippen MR) is 355 cm³/mol. The fraction of sp³-hybridized carbons (Fsp3) is 0.184. The smallest absolute Gasteiger partial charge is 0.297 e. The number of hydrogen-bond donors (Lipinski definition) is 0. The van der Waals surface area contributed by atoms with Crippen molar-refractivity contribution < 1.29 is 8.81 Å². The second-order valence-electron chi connectivity index (χ2n) is 26.4. The van der Waals surface area contributed by atoms with Gasteiger partial charge in [-0.05, 0) is 146 Å². The number of benzene rings is 10. The molecule has 0 amide bonds. The van der Waals surface area contributed by atoms with E-state index in [0.717, 1.165) is 101 Å². The van der Waals surface area contributed by atoms with E-state index in [0.29, 0.717) is 0 Å². The number of nitrogens with zero attached hydrogens (tertiary/aromatic N) is 3. The highest BCUT2D eigenvalue weighted by atomic mass is 28.3. The minimum atomic E-state index is -2.64. The zero-order valence-electron chi connectivity index (χ0n) is 49.6. The summed E-state index contributed by atoms with van der Waals surface area (Å²) in [5, 5.41) is 3.47. The van der Waals surface area contributed by atoms with Crippen LogP contribution in [-0.4, -0.2) is 14.8 Å². The summed E-state index contributed by atoms with van der Waals surface area (Å²) in [7, 11) is -2.64. The molecule has 0 atom stereocenters. The Morgan fingerprint density at radius 2 is 0.988 bits per heavy atom. The van der Waals surface area contributed by atoms with Crippen molar-refractivity contribution >= 4 is 104 Å². The van der Waals surface area contributed by atoms with Crippen LogP contribution in [0.5, 0.6) is 0 Å². The van der Waals surface area contributed by atoms with Gasteiger partial charge in [-0.3, -0.25) is 0 Å². The number of para-hydroxylation sites is 2. The number of anilines is 9. The van der Waals surface area contributed by atoms with Crippen molar-refractivity contribution in [2.24, 2.45) is 0 Å². The van der Waals surface area contributed by atoms with Gasteiger partial charge in [0.25, 0.3) is 6.71 Å². The van der Waals surface area contributed by atoms with Gasteiger partial charge in [0.2, 0.25) is 0 Å². The number of hydrogen-bond acceptors (Lipinski definition) is 4. The summed E-state index contributed by atoms with van der Waals surface area (Å²) in [6, 6.07) is 83.8. The van der Waals surface area contributed by atoms with Gasteiger partial charge in [0.15, 0.2) is 0 Å². The third kappa shape index (κ3) is 9.40. The van der Waals surface area contributed by atoms with Crippen LogP contribution in [0.25, 0.3) is 33.2 Å². The Hall–Kier alpha value is -8.65. The first-order chi connectivity index (χ1) is 39.7. The lowest BCUT2D eigenvalue weighted by Gasteiger charge is -2.44. The van der Waals surface area contributed by atoms with Crippen molar-refractivity contribution in [3.63, 3.8) is 0 Å². The van der Waals surface area contributed by atoms with E-state index < -0.39 is 8.07 Å². The molecule has 0 saturated carbocycles. The Labute approximate surface area is 491 Å². The molecule has 7 heteroatoms. The van der Waals surface area contributed by atoms with Gasteiger partial charge in [-0.25, -0.2) is 4.39 Å². The van der Waals surface area contributed by atoms with Crippen LogP contribution in [0.15, 0.2) is 235 Å². The van der Waals surface area contributed by atoms with E-state index in [-0.39, 0.29) is 28.8 Å². The van der Waals surface area contributed by atoms with Crippen LogP contribution in [0.2, 0.25) is 13.1 Å². The van der Waals surface area contributed by atoms with E-state index in [1.807, 2.05) is 12.1 Å². The fourth-order valence-electron chi connectivity index (χ4n) is 12.7. The summed E-state index contributed by atoms with van der Waals surface area (Å²) in [5.74, 6) is -0.234. The average Bonchev–Trinajstić information content (AvgIpc) is 2.26. The Bertz CT molecular complexity index is 4250. The molecule has 10 aromatic carbocycles. The topological polar surface area (TPSA) is 22.9 Å². The number of furan rings is 1. The van der Waals surface area contributed by atoms with Crippen molar-refractivity contribution in [1.82, 2.24) is 0 Å². The molecule has 11 aromatic rings. The molecule has 13 rings (SSSR count). The van der Waals surface area contributed by atoms with Gasteiger partial charge in [-0.2, -0.15) is 0 Å². The molecular weight excluding hydrogens is 1030 g/mol. The largest absolute Gasteiger partial charge is 0.468 e. The van der Waals surface area contributed by atoms with Gasteiger partial charge in [0, 0.05) is 50.6 Å². The molecule has 0 radical (unpaired) electrons. The second-order valence-corrected chi connectivity index (χ2v) is 30.8. The highest BCUT2D eigenvalue weighted by Crippen LogP contribution is 2.51. The van der Waals surface area contributed by atoms with Gasteiger partial charge in [-0.15, -0.1) is 0 Å². The summed E-state index contributed by atoms with van der Waals surface area (Å²) in [4.78, 5) is 7.53. The summed E-state index contributed by atoms with van der Waals surface area (Å²) >= 11 is 0. The van der Waals surface area contributed by atoms with Gasteiger partial charge < -0.3 is 19.1 Å². The SMILES string of the molecule is CC(C)(C)c1ccc(N(c2ccc3c(c2)N(c2ccc(C(C)(C)C)cc2-c2ccccc2)c2cc([Si](C)(C)c4ccc(F)cc4)cc4c2B3c2oc3ccc(C(C)(C)C)cc3c2N4c2ccccc2)c2ccccc2-c2ccccc2)cc1. The molecule has 2 aliphatic heterocycles. The van der Waals surface area contributed by atoms with E-state index in [1.54, 1.807) is 12.1 Å². The van der Waals surface area contributed by atoms with E-state index in [4.69, 9.17) is 4.42 Å². The molecule has 0 aliphatic carbocycles. The van der Waals surface area contributed by atoms with Crippen molar-refractivity contribution in [2.45, 2.75) is 91.7 Å². The van der Waals surface area contributed by atoms with Crippen LogP contribution in [0.1, 0.15) is 79.0 Å². The van der Waals surface area contributed by atoms with Gasteiger partial charge in [0.05, 0.1) is 22.7 Å². The molecule has 3 heterocycles. The molecular formula is C76H71BFN3OSi. The monoisotopic (exact) mass is 1100 g/mol. The molecule has 1 aromatic heterocycles. The third-order valence-electron chi connectivity index (χ3n) is 17.5. The van der Waals surface area contributed by atoms with Crippen molar-refractivity contribution in [3.8, 4) is 22.3 Å². The predicted octanol–water partition coefficient (Wildman–Crippen LogP) is 18.2. The number of halogens is 1. The quantitative estimate of drug-likeness (QED) is 0.134. The summed E-state index contributed by atoms with van der Waals surface area (Å²) in [6.45, 7) is 25.1. The maximum atomic E-state index is 15.0. The zero-order chi connectivity index (χ0) is 57.7. The van der Waals surface area contributed by atoms with Crippen LogP contribution in [-0.2, 0) is 16.2 Å². The maximum absolute atomic E-state index is 15.0. The molecule has 0 saturated heterocycles. The molecule has 4 nitrogen and oxygen atoms in total. The first kappa shape index (κ1) is 53.7. The fourth-order valence-corrected chi connectivity index (χ4v) is 15.0. The van der Waals surface area contributed by atoms with E-state index in [2.05, 4.69) is 296 Å². The van der Waals surface area contributed by atoms with Gasteiger partial charge in [0.1, 0.15) is 19.5 Å². The molecule has 83 heavy (non-hydrogen) atoms. The van der Waals surface area contributed by atoms with Crippen molar-refractivity contribution in [1.29, 1.82) is 0 Å². The van der Waals surface area contributed by atoms with Crippen molar-refractivity contribution in [2.75, 3.05) is 14.7 Å². The van der Waals surface area contributed by atoms with Crippen LogP contribution in [0.3, 0.4) is 0 Å². The Kier molecular flexibility index (Phi) is 13.0. The molecule has 410 valence electrons. The Morgan fingerprint density at radius 1 is 0.446 bits per heavy atom. The van der Waals surface area contributed by atoms with Crippen LogP contribution in [0.4, 0.5) is 55.6 Å². The minimum absolute atomic E-state index is 0.0320. The van der Waals surface area contributed by atoms with E-state index in [9.17, 15) is 4.39 Å². The molecule has 0 bridgehead atoms. The van der Waals surface area contributed by atoms with Crippen LogP contribution >= 0.6 is 0 Å². The first-order valence-electron chi connectivity index (χ1n) is 29.3. The highest BCUT2D eigenvalue weighted by Gasteiger charge is 2.48. The van der Waals surface area contributed by atoms with Crippen LogP contribution < -0.4 is 41.7 Å². The Balaban J connectivity index is 1.18. The molecule has 0 fully saturated rings. The average molecular weight is 1100 g/mol. The Morgan fingerprint density at radius 3 is 1.63 bits per heavy atom. The third-order valence-corrected chi connectivity index (χ3v) is 21.0. The summed E-state index contributed by atoms with van der Waals surface area (Å²) in [6.07, 6.45) is 0. The van der Waals surface area contributed by atoms with Crippen LogP contribution in [0, 0.1) is 5.82 Å². The minimum Gasteiger partial charge on any atom is -0.468 e. The molecule has 0 unspecified atom stereocenters. The van der Waals surface area contributed by atoms with E-state index >= 15 is 0 Å². The first-order valence-corrected chi connectivity index (χ1v) is 32.3.